The summed E-state index contributed by atoms with van der Waals surface area (Å²) in [7, 11) is 1.35. The number of ether oxygens (including phenoxy) is 1. The Morgan fingerprint density at radius 3 is 2.85 bits per heavy atom. The van der Waals surface area contributed by atoms with E-state index in [0.29, 0.717) is 12.1 Å². The molecule has 1 N–H and O–H groups in total. The molecule has 1 heterocycles. The maximum atomic E-state index is 13.4. The largest absolute Gasteiger partial charge is 0.494 e. The maximum absolute atomic E-state index is 13.4. The Balaban J connectivity index is 2.30. The monoisotopic (exact) mass is 280 g/mol. The molecule has 0 aromatic heterocycles. The van der Waals surface area contributed by atoms with E-state index in [0.717, 1.165) is 6.42 Å². The van der Waals surface area contributed by atoms with E-state index in [1.807, 2.05) is 6.92 Å². The zero-order valence-corrected chi connectivity index (χ0v) is 11.5. The van der Waals surface area contributed by atoms with Gasteiger partial charge in [-0.05, 0) is 18.6 Å². The number of amides is 2. The molecule has 1 atom stereocenters. The van der Waals surface area contributed by atoms with Gasteiger partial charge in [-0.25, -0.2) is 4.39 Å². The van der Waals surface area contributed by atoms with Crippen LogP contribution in [0.1, 0.15) is 19.8 Å². The lowest BCUT2D eigenvalue weighted by Gasteiger charge is -2.32. The van der Waals surface area contributed by atoms with Crippen molar-refractivity contribution in [1.82, 2.24) is 5.32 Å². The summed E-state index contributed by atoms with van der Waals surface area (Å²) in [6.45, 7) is 1.88. The Morgan fingerprint density at radius 1 is 1.45 bits per heavy atom. The van der Waals surface area contributed by atoms with Gasteiger partial charge in [0.15, 0.2) is 11.6 Å². The SMILES string of the molecule is CCCC1NC(=O)CN(c2ccc(F)c(OC)c2)C1=O. The molecule has 1 aromatic carbocycles. The maximum Gasteiger partial charge on any atom is 0.250 e. The first-order chi connectivity index (χ1) is 9.56. The fourth-order valence-electron chi connectivity index (χ4n) is 2.23. The summed E-state index contributed by atoms with van der Waals surface area (Å²) >= 11 is 0. The van der Waals surface area contributed by atoms with Gasteiger partial charge < -0.3 is 15.0 Å². The molecule has 5 nitrogen and oxygen atoms in total. The fourth-order valence-corrected chi connectivity index (χ4v) is 2.23. The molecule has 0 radical (unpaired) electrons. The number of rotatable bonds is 4. The lowest BCUT2D eigenvalue weighted by atomic mass is 10.1. The van der Waals surface area contributed by atoms with Gasteiger partial charge in [0.1, 0.15) is 12.6 Å². The van der Waals surface area contributed by atoms with Crippen LogP contribution in [-0.2, 0) is 9.59 Å². The topological polar surface area (TPSA) is 58.6 Å². The van der Waals surface area contributed by atoms with E-state index in [1.54, 1.807) is 0 Å². The number of nitrogens with zero attached hydrogens (tertiary/aromatic N) is 1. The Labute approximate surface area is 116 Å². The Morgan fingerprint density at radius 2 is 2.20 bits per heavy atom. The van der Waals surface area contributed by atoms with Crippen LogP contribution in [0.15, 0.2) is 18.2 Å². The van der Waals surface area contributed by atoms with Crippen molar-refractivity contribution >= 4 is 17.5 Å². The van der Waals surface area contributed by atoms with Gasteiger partial charge in [-0.2, -0.15) is 0 Å². The van der Waals surface area contributed by atoms with Crippen molar-refractivity contribution in [2.45, 2.75) is 25.8 Å². The first kappa shape index (κ1) is 14.3. The Hall–Kier alpha value is -2.11. The molecule has 2 amide bonds. The highest BCUT2D eigenvalue weighted by atomic mass is 19.1. The zero-order chi connectivity index (χ0) is 14.7. The van der Waals surface area contributed by atoms with Gasteiger partial charge in [0.05, 0.1) is 7.11 Å². The molecule has 1 aliphatic heterocycles. The molecule has 2 rings (SSSR count). The summed E-state index contributed by atoms with van der Waals surface area (Å²) in [5.74, 6) is -0.852. The quantitative estimate of drug-likeness (QED) is 0.908. The number of hydrogen-bond donors (Lipinski definition) is 1. The predicted molar refractivity (Wildman–Crippen MR) is 72.1 cm³/mol. The average molecular weight is 280 g/mol. The normalized spacial score (nSPS) is 18.9. The summed E-state index contributed by atoms with van der Waals surface area (Å²) in [5.41, 5.74) is 0.462. The van der Waals surface area contributed by atoms with E-state index >= 15 is 0 Å². The van der Waals surface area contributed by atoms with Gasteiger partial charge in [0.25, 0.3) is 0 Å². The van der Waals surface area contributed by atoms with Crippen molar-refractivity contribution < 1.29 is 18.7 Å². The van der Waals surface area contributed by atoms with Crippen LogP contribution in [0.2, 0.25) is 0 Å². The number of halogens is 1. The van der Waals surface area contributed by atoms with Crippen molar-refractivity contribution in [3.05, 3.63) is 24.0 Å². The van der Waals surface area contributed by atoms with E-state index in [2.05, 4.69) is 5.32 Å². The van der Waals surface area contributed by atoms with Gasteiger partial charge in [0.2, 0.25) is 11.8 Å². The van der Waals surface area contributed by atoms with Crippen molar-refractivity contribution in [3.63, 3.8) is 0 Å². The van der Waals surface area contributed by atoms with Gasteiger partial charge in [-0.1, -0.05) is 13.3 Å². The van der Waals surface area contributed by atoms with Crippen LogP contribution in [0.25, 0.3) is 0 Å². The second-order valence-corrected chi connectivity index (χ2v) is 4.65. The number of carbonyl (C=O) groups is 2. The van der Waals surface area contributed by atoms with Gasteiger partial charge >= 0.3 is 0 Å². The van der Waals surface area contributed by atoms with Crippen molar-refractivity contribution in [3.8, 4) is 5.75 Å². The summed E-state index contributed by atoms with van der Waals surface area (Å²) in [4.78, 5) is 25.4. The molecule has 0 aliphatic carbocycles. The minimum Gasteiger partial charge on any atom is -0.494 e. The fraction of sp³-hybridized carbons (Fsp3) is 0.429. The van der Waals surface area contributed by atoms with Crippen molar-refractivity contribution in [1.29, 1.82) is 0 Å². The smallest absolute Gasteiger partial charge is 0.250 e. The number of carbonyl (C=O) groups excluding carboxylic acids is 2. The van der Waals surface area contributed by atoms with E-state index in [1.165, 1.54) is 30.2 Å². The van der Waals surface area contributed by atoms with Crippen LogP contribution in [0.5, 0.6) is 5.75 Å². The van der Waals surface area contributed by atoms with Crippen molar-refractivity contribution in [2.24, 2.45) is 0 Å². The van der Waals surface area contributed by atoms with E-state index in [9.17, 15) is 14.0 Å². The molecule has 6 heteroatoms. The molecule has 1 fully saturated rings. The highest BCUT2D eigenvalue weighted by Crippen LogP contribution is 2.26. The molecule has 1 saturated heterocycles. The third-order valence-electron chi connectivity index (χ3n) is 3.22. The van der Waals surface area contributed by atoms with Crippen LogP contribution in [-0.4, -0.2) is 31.5 Å². The molecule has 0 saturated carbocycles. The number of methoxy groups -OCH3 is 1. The van der Waals surface area contributed by atoms with Crippen LogP contribution in [0.3, 0.4) is 0 Å². The van der Waals surface area contributed by atoms with Gasteiger partial charge in [0, 0.05) is 11.8 Å². The number of benzene rings is 1. The lowest BCUT2D eigenvalue weighted by molar-refractivity contribution is -0.131. The Kier molecular flexibility index (Phi) is 4.22. The Bertz CT molecular complexity index is 533. The highest BCUT2D eigenvalue weighted by Gasteiger charge is 2.33. The van der Waals surface area contributed by atoms with Gasteiger partial charge in [-0.15, -0.1) is 0 Å². The molecule has 0 bridgehead atoms. The summed E-state index contributed by atoms with van der Waals surface area (Å²) in [5, 5.41) is 2.67. The van der Waals surface area contributed by atoms with Crippen LogP contribution in [0, 0.1) is 5.82 Å². The van der Waals surface area contributed by atoms with E-state index < -0.39 is 11.9 Å². The predicted octanol–water partition coefficient (Wildman–Crippen LogP) is 1.47. The summed E-state index contributed by atoms with van der Waals surface area (Å²) in [6.07, 6.45) is 1.37. The number of nitrogens with one attached hydrogen (secondary N) is 1. The van der Waals surface area contributed by atoms with Crippen LogP contribution in [0.4, 0.5) is 10.1 Å². The first-order valence-electron chi connectivity index (χ1n) is 6.51. The minimum absolute atomic E-state index is 0.0494. The molecule has 1 aliphatic rings. The highest BCUT2D eigenvalue weighted by molar-refractivity contribution is 6.06. The lowest BCUT2D eigenvalue weighted by Crippen LogP contribution is -2.58. The second kappa shape index (κ2) is 5.90. The second-order valence-electron chi connectivity index (χ2n) is 4.65. The van der Waals surface area contributed by atoms with E-state index in [-0.39, 0.29) is 24.1 Å². The number of piperazine rings is 1. The molecular weight excluding hydrogens is 263 g/mol. The molecule has 1 aromatic rings. The van der Waals surface area contributed by atoms with Gasteiger partial charge in [-0.3, -0.25) is 9.59 Å². The zero-order valence-electron chi connectivity index (χ0n) is 11.5. The third kappa shape index (κ3) is 2.74. The minimum atomic E-state index is -0.516. The third-order valence-corrected chi connectivity index (χ3v) is 3.22. The first-order valence-corrected chi connectivity index (χ1v) is 6.51. The molecule has 1 unspecified atom stereocenters. The molecule has 20 heavy (non-hydrogen) atoms. The number of hydrogen-bond acceptors (Lipinski definition) is 3. The van der Waals surface area contributed by atoms with Crippen LogP contribution >= 0.6 is 0 Å². The molecule has 108 valence electrons. The number of anilines is 1. The average Bonchev–Trinajstić information content (AvgIpc) is 2.43. The molecule has 0 spiro atoms. The van der Waals surface area contributed by atoms with Crippen molar-refractivity contribution in [2.75, 3.05) is 18.6 Å². The summed E-state index contributed by atoms with van der Waals surface area (Å²) < 4.78 is 18.3. The molecular formula is C14H17FN2O3. The van der Waals surface area contributed by atoms with Crippen LogP contribution < -0.4 is 15.0 Å². The summed E-state index contributed by atoms with van der Waals surface area (Å²) in [6, 6.07) is 3.60. The van der Waals surface area contributed by atoms with E-state index in [4.69, 9.17) is 4.74 Å². The standard InChI is InChI=1S/C14H17FN2O3/c1-3-4-11-14(19)17(8-13(18)16-11)9-5-6-10(15)12(7-9)20-2/h5-7,11H,3-4,8H2,1-2H3,(H,16,18).